The van der Waals surface area contributed by atoms with Crippen molar-refractivity contribution in [3.05, 3.63) is 29.3 Å². The molecule has 1 aromatic carbocycles. The van der Waals surface area contributed by atoms with Crippen molar-refractivity contribution in [2.45, 2.75) is 26.2 Å². The maximum absolute atomic E-state index is 9.38. The number of hydrogen-bond acceptors (Lipinski definition) is 2. The zero-order valence-corrected chi connectivity index (χ0v) is 9.29. The summed E-state index contributed by atoms with van der Waals surface area (Å²) in [7, 11) is 0. The molecule has 0 radical (unpaired) electrons. The normalized spacial score (nSPS) is 19.9. The van der Waals surface area contributed by atoms with Gasteiger partial charge in [0.05, 0.1) is 0 Å². The van der Waals surface area contributed by atoms with Crippen LogP contribution in [0.5, 0.6) is 5.75 Å². The number of aryl methyl sites for hydroxylation is 1. The molecular weight excluding hydrogens is 186 g/mol. The molecule has 1 atom stereocenters. The highest BCUT2D eigenvalue weighted by Gasteiger charge is 2.18. The smallest absolute Gasteiger partial charge is 0.115 e. The Hall–Kier alpha value is -1.02. The summed E-state index contributed by atoms with van der Waals surface area (Å²) in [5.41, 5.74) is 2.75. The van der Waals surface area contributed by atoms with Gasteiger partial charge in [-0.05, 0) is 61.5 Å². The number of nitrogens with one attached hydrogen (secondary N) is 1. The molecule has 1 aliphatic carbocycles. The predicted molar refractivity (Wildman–Crippen MR) is 62.2 cm³/mol. The Morgan fingerprint density at radius 2 is 2.27 bits per heavy atom. The SMILES string of the molecule is CCNCC1CCc2cc(O)ccc2C1. The van der Waals surface area contributed by atoms with E-state index < -0.39 is 0 Å². The van der Waals surface area contributed by atoms with Crippen molar-refractivity contribution in [1.29, 1.82) is 0 Å². The van der Waals surface area contributed by atoms with Crippen LogP contribution in [0.15, 0.2) is 18.2 Å². The fraction of sp³-hybridized carbons (Fsp3) is 0.538. The van der Waals surface area contributed by atoms with Crippen molar-refractivity contribution in [3.63, 3.8) is 0 Å². The zero-order valence-electron chi connectivity index (χ0n) is 9.29. The zero-order chi connectivity index (χ0) is 10.7. The number of phenols is 1. The third kappa shape index (κ3) is 2.51. The van der Waals surface area contributed by atoms with E-state index in [2.05, 4.69) is 18.3 Å². The summed E-state index contributed by atoms with van der Waals surface area (Å²) in [4.78, 5) is 0. The third-order valence-corrected chi connectivity index (χ3v) is 3.20. The molecule has 0 spiro atoms. The molecule has 0 heterocycles. The fourth-order valence-electron chi connectivity index (χ4n) is 2.34. The fourth-order valence-corrected chi connectivity index (χ4v) is 2.34. The standard InChI is InChI=1S/C13H19NO/c1-2-14-9-10-3-4-12-8-13(15)6-5-11(12)7-10/h5-6,8,10,14-15H,2-4,7,9H2,1H3. The minimum atomic E-state index is 0.402. The molecular formula is C13H19NO. The van der Waals surface area contributed by atoms with Crippen molar-refractivity contribution < 1.29 is 5.11 Å². The Morgan fingerprint density at radius 3 is 3.07 bits per heavy atom. The van der Waals surface area contributed by atoms with Gasteiger partial charge < -0.3 is 10.4 Å². The minimum absolute atomic E-state index is 0.402. The monoisotopic (exact) mass is 205 g/mol. The van der Waals surface area contributed by atoms with Gasteiger partial charge in [0.25, 0.3) is 0 Å². The molecule has 82 valence electrons. The molecule has 1 aliphatic rings. The lowest BCUT2D eigenvalue weighted by atomic mass is 9.84. The van der Waals surface area contributed by atoms with E-state index in [1.54, 1.807) is 6.07 Å². The lowest BCUT2D eigenvalue weighted by molar-refractivity contribution is 0.426. The summed E-state index contributed by atoms with van der Waals surface area (Å²) >= 11 is 0. The van der Waals surface area contributed by atoms with Crippen molar-refractivity contribution in [1.82, 2.24) is 5.32 Å². The number of benzene rings is 1. The molecule has 0 aliphatic heterocycles. The van der Waals surface area contributed by atoms with Crippen molar-refractivity contribution in [3.8, 4) is 5.75 Å². The van der Waals surface area contributed by atoms with Gasteiger partial charge in [-0.2, -0.15) is 0 Å². The van der Waals surface area contributed by atoms with E-state index in [-0.39, 0.29) is 0 Å². The van der Waals surface area contributed by atoms with Crippen molar-refractivity contribution in [2.24, 2.45) is 5.92 Å². The van der Waals surface area contributed by atoms with Crippen LogP contribution in [0.3, 0.4) is 0 Å². The van der Waals surface area contributed by atoms with E-state index >= 15 is 0 Å². The summed E-state index contributed by atoms with van der Waals surface area (Å²) < 4.78 is 0. The molecule has 1 aromatic rings. The van der Waals surface area contributed by atoms with Crippen molar-refractivity contribution in [2.75, 3.05) is 13.1 Å². The van der Waals surface area contributed by atoms with Gasteiger partial charge >= 0.3 is 0 Å². The Balaban J connectivity index is 2.03. The highest BCUT2D eigenvalue weighted by Crippen LogP contribution is 2.27. The molecule has 2 nitrogen and oxygen atoms in total. The number of aromatic hydroxyl groups is 1. The van der Waals surface area contributed by atoms with Crippen LogP contribution in [0.1, 0.15) is 24.5 Å². The topological polar surface area (TPSA) is 32.3 Å². The van der Waals surface area contributed by atoms with Crippen molar-refractivity contribution >= 4 is 0 Å². The molecule has 2 heteroatoms. The molecule has 0 aromatic heterocycles. The average Bonchev–Trinajstić information content (AvgIpc) is 2.26. The van der Waals surface area contributed by atoms with Crippen LogP contribution in [-0.2, 0) is 12.8 Å². The minimum Gasteiger partial charge on any atom is -0.508 e. The largest absolute Gasteiger partial charge is 0.508 e. The second-order valence-corrected chi connectivity index (χ2v) is 4.37. The van der Waals surface area contributed by atoms with E-state index in [1.165, 1.54) is 17.5 Å². The average molecular weight is 205 g/mol. The van der Waals surface area contributed by atoms with Crippen LogP contribution < -0.4 is 5.32 Å². The first kappa shape index (κ1) is 10.5. The first-order valence-corrected chi connectivity index (χ1v) is 5.81. The molecule has 2 N–H and O–H groups in total. The van der Waals surface area contributed by atoms with Gasteiger partial charge in [-0.15, -0.1) is 0 Å². The van der Waals surface area contributed by atoms with Gasteiger partial charge in [-0.1, -0.05) is 13.0 Å². The van der Waals surface area contributed by atoms with Crippen LogP contribution in [0.2, 0.25) is 0 Å². The predicted octanol–water partition coefficient (Wildman–Crippen LogP) is 2.11. The van der Waals surface area contributed by atoms with Gasteiger partial charge in [-0.3, -0.25) is 0 Å². The van der Waals surface area contributed by atoms with Gasteiger partial charge in [0.15, 0.2) is 0 Å². The highest BCUT2D eigenvalue weighted by molar-refractivity contribution is 5.36. The summed E-state index contributed by atoms with van der Waals surface area (Å²) in [6, 6.07) is 5.79. The summed E-state index contributed by atoms with van der Waals surface area (Å²) in [6.45, 7) is 4.32. The first-order valence-electron chi connectivity index (χ1n) is 5.81. The first-order chi connectivity index (χ1) is 7.29. The van der Waals surface area contributed by atoms with Crippen LogP contribution in [0.4, 0.5) is 0 Å². The Morgan fingerprint density at radius 1 is 1.40 bits per heavy atom. The highest BCUT2D eigenvalue weighted by atomic mass is 16.3. The van der Waals surface area contributed by atoms with Gasteiger partial charge in [0, 0.05) is 0 Å². The van der Waals surface area contributed by atoms with Gasteiger partial charge in [-0.25, -0.2) is 0 Å². The molecule has 0 bridgehead atoms. The van der Waals surface area contributed by atoms with Crippen LogP contribution in [0, 0.1) is 5.92 Å². The van der Waals surface area contributed by atoms with E-state index in [0.29, 0.717) is 5.75 Å². The molecule has 0 fully saturated rings. The molecule has 0 amide bonds. The van der Waals surface area contributed by atoms with E-state index in [9.17, 15) is 5.11 Å². The molecule has 1 unspecified atom stereocenters. The lowest BCUT2D eigenvalue weighted by Crippen LogP contribution is -2.27. The second-order valence-electron chi connectivity index (χ2n) is 4.37. The molecule has 2 rings (SSSR count). The molecule has 0 saturated heterocycles. The summed E-state index contributed by atoms with van der Waals surface area (Å²) in [5, 5.41) is 12.8. The number of phenolic OH excluding ortho intramolecular Hbond substituents is 1. The van der Waals surface area contributed by atoms with Crippen LogP contribution >= 0.6 is 0 Å². The Bertz CT molecular complexity index is 335. The van der Waals surface area contributed by atoms with Gasteiger partial charge in [0.2, 0.25) is 0 Å². The maximum atomic E-state index is 9.38. The Kier molecular flexibility index (Phi) is 3.27. The maximum Gasteiger partial charge on any atom is 0.115 e. The number of rotatable bonds is 3. The lowest BCUT2D eigenvalue weighted by Gasteiger charge is -2.24. The van der Waals surface area contributed by atoms with Gasteiger partial charge in [0.1, 0.15) is 5.75 Å². The third-order valence-electron chi connectivity index (χ3n) is 3.20. The molecule has 0 saturated carbocycles. The number of hydrogen-bond donors (Lipinski definition) is 2. The summed E-state index contributed by atoms with van der Waals surface area (Å²) in [5.74, 6) is 1.17. The molecule has 15 heavy (non-hydrogen) atoms. The van der Waals surface area contributed by atoms with E-state index in [0.717, 1.165) is 31.8 Å². The quantitative estimate of drug-likeness (QED) is 0.792. The second kappa shape index (κ2) is 4.67. The van der Waals surface area contributed by atoms with Crippen LogP contribution in [0.25, 0.3) is 0 Å². The van der Waals surface area contributed by atoms with Crippen LogP contribution in [-0.4, -0.2) is 18.2 Å². The Labute approximate surface area is 91.3 Å². The van der Waals surface area contributed by atoms with E-state index in [1.807, 2.05) is 6.07 Å². The van der Waals surface area contributed by atoms with E-state index in [4.69, 9.17) is 0 Å². The number of fused-ring (bicyclic) bond motifs is 1. The summed E-state index contributed by atoms with van der Waals surface area (Å²) in [6.07, 6.45) is 3.51.